The van der Waals surface area contributed by atoms with E-state index in [1.165, 1.54) is 31.2 Å². The van der Waals surface area contributed by atoms with Crippen LogP contribution in [0.4, 0.5) is 0 Å². The minimum atomic E-state index is -3.52. The van der Waals surface area contributed by atoms with E-state index in [1.54, 1.807) is 0 Å². The van der Waals surface area contributed by atoms with Crippen LogP contribution < -0.4 is 0 Å². The number of nitrogens with zero attached hydrogens (tertiary/aromatic N) is 3. The van der Waals surface area contributed by atoms with Gasteiger partial charge in [0.15, 0.2) is 15.7 Å². The molecular formula is C9H9ClN4O2S. The molecule has 2 rings (SSSR count). The van der Waals surface area contributed by atoms with E-state index < -0.39 is 15.1 Å². The third-order valence-corrected chi connectivity index (χ3v) is 4.66. The van der Waals surface area contributed by atoms with Gasteiger partial charge in [0.05, 0.1) is 4.90 Å². The van der Waals surface area contributed by atoms with Crippen molar-refractivity contribution in [2.75, 3.05) is 0 Å². The molecule has 0 saturated heterocycles. The second-order valence-corrected chi connectivity index (χ2v) is 6.12. The molecule has 8 heteroatoms. The second kappa shape index (κ2) is 4.42. The number of halogens is 1. The summed E-state index contributed by atoms with van der Waals surface area (Å²) < 4.78 is 24.4. The Morgan fingerprint density at radius 3 is 2.47 bits per heavy atom. The number of benzene rings is 1. The summed E-state index contributed by atoms with van der Waals surface area (Å²) in [6.07, 6.45) is 0. The highest BCUT2D eigenvalue weighted by Gasteiger charge is 2.28. The molecule has 17 heavy (non-hydrogen) atoms. The minimum Gasteiger partial charge on any atom is -0.223 e. The maximum absolute atomic E-state index is 12.2. The number of hydrogen-bond donors (Lipinski definition) is 1. The summed E-state index contributed by atoms with van der Waals surface area (Å²) in [5, 5.41) is 12.5. The van der Waals surface area contributed by atoms with Gasteiger partial charge in [-0.1, -0.05) is 16.8 Å². The number of H-pyrrole nitrogens is 1. The fourth-order valence-corrected chi connectivity index (χ4v) is 2.74. The molecule has 0 fully saturated rings. The first kappa shape index (κ1) is 12.0. The van der Waals surface area contributed by atoms with Gasteiger partial charge in [0.25, 0.3) is 0 Å². The van der Waals surface area contributed by atoms with E-state index in [-0.39, 0.29) is 10.7 Å². The van der Waals surface area contributed by atoms with Crippen molar-refractivity contribution in [3.8, 4) is 0 Å². The number of tetrazole rings is 1. The molecule has 0 spiro atoms. The van der Waals surface area contributed by atoms with E-state index in [0.29, 0.717) is 5.02 Å². The van der Waals surface area contributed by atoms with Crippen molar-refractivity contribution in [3.63, 3.8) is 0 Å². The average Bonchev–Trinajstić information content (AvgIpc) is 2.82. The zero-order valence-corrected chi connectivity index (χ0v) is 10.4. The van der Waals surface area contributed by atoms with Crippen molar-refractivity contribution in [2.24, 2.45) is 0 Å². The summed E-state index contributed by atoms with van der Waals surface area (Å²) in [6.45, 7) is 1.51. The lowest BCUT2D eigenvalue weighted by Crippen LogP contribution is -2.12. The van der Waals surface area contributed by atoms with Gasteiger partial charge in [-0.05, 0) is 31.2 Å². The summed E-state index contributed by atoms with van der Waals surface area (Å²) in [7, 11) is -3.52. The third-order valence-electron chi connectivity index (χ3n) is 2.33. The molecule has 0 amide bonds. The fourth-order valence-electron chi connectivity index (χ4n) is 1.31. The van der Waals surface area contributed by atoms with E-state index >= 15 is 0 Å². The van der Waals surface area contributed by atoms with Crippen LogP contribution in [0.2, 0.25) is 5.02 Å². The Labute approximate surface area is 103 Å². The van der Waals surface area contributed by atoms with Gasteiger partial charge in [-0.25, -0.2) is 8.42 Å². The zero-order chi connectivity index (χ0) is 12.5. The maximum Gasteiger partial charge on any atom is 0.192 e. The van der Waals surface area contributed by atoms with Crippen LogP contribution in [0.15, 0.2) is 29.2 Å². The number of sulfone groups is 1. The molecule has 0 radical (unpaired) electrons. The molecule has 1 aromatic carbocycles. The van der Waals surface area contributed by atoms with Crippen molar-refractivity contribution < 1.29 is 8.42 Å². The van der Waals surface area contributed by atoms with E-state index in [2.05, 4.69) is 20.6 Å². The largest absolute Gasteiger partial charge is 0.223 e. The van der Waals surface area contributed by atoms with Gasteiger partial charge in [-0.15, -0.1) is 10.2 Å². The van der Waals surface area contributed by atoms with Crippen LogP contribution in [0.1, 0.15) is 18.0 Å². The van der Waals surface area contributed by atoms with Crippen LogP contribution in [0.5, 0.6) is 0 Å². The molecule has 90 valence electrons. The lowest BCUT2D eigenvalue weighted by molar-refractivity contribution is 0.583. The highest BCUT2D eigenvalue weighted by atomic mass is 35.5. The predicted octanol–water partition coefficient (Wildman–Crippen LogP) is 1.39. The van der Waals surface area contributed by atoms with E-state index in [9.17, 15) is 8.42 Å². The van der Waals surface area contributed by atoms with Crippen LogP contribution >= 0.6 is 11.6 Å². The van der Waals surface area contributed by atoms with Crippen molar-refractivity contribution in [1.82, 2.24) is 20.6 Å². The SMILES string of the molecule is C[C@@H](c1nn[nH]n1)S(=O)(=O)c1ccc(Cl)cc1. The molecule has 1 atom stereocenters. The fraction of sp³-hybridized carbons (Fsp3) is 0.222. The molecule has 0 aliphatic rings. The first-order chi connectivity index (χ1) is 8.01. The van der Waals surface area contributed by atoms with Gasteiger partial charge in [0.1, 0.15) is 5.25 Å². The number of hydrogen-bond acceptors (Lipinski definition) is 5. The first-order valence-electron chi connectivity index (χ1n) is 4.74. The van der Waals surface area contributed by atoms with Gasteiger partial charge in [-0.2, -0.15) is 5.21 Å². The predicted molar refractivity (Wildman–Crippen MR) is 61.2 cm³/mol. The van der Waals surface area contributed by atoms with Crippen molar-refractivity contribution >= 4 is 21.4 Å². The van der Waals surface area contributed by atoms with Crippen LogP contribution in [0.3, 0.4) is 0 Å². The summed E-state index contributed by atoms with van der Waals surface area (Å²) in [5.74, 6) is 0.139. The highest BCUT2D eigenvalue weighted by molar-refractivity contribution is 7.91. The maximum atomic E-state index is 12.2. The van der Waals surface area contributed by atoms with Crippen LogP contribution in [0.25, 0.3) is 0 Å². The van der Waals surface area contributed by atoms with Gasteiger partial charge in [-0.3, -0.25) is 0 Å². The first-order valence-corrected chi connectivity index (χ1v) is 6.67. The minimum absolute atomic E-state index is 0.139. The Kier molecular flexibility index (Phi) is 3.12. The van der Waals surface area contributed by atoms with Gasteiger partial charge in [0, 0.05) is 5.02 Å². The molecule has 0 unspecified atom stereocenters. The zero-order valence-electron chi connectivity index (χ0n) is 8.83. The van der Waals surface area contributed by atoms with E-state index in [0.717, 1.165) is 0 Å². The van der Waals surface area contributed by atoms with Crippen molar-refractivity contribution in [3.05, 3.63) is 35.1 Å². The number of nitrogens with one attached hydrogen (secondary N) is 1. The molecule has 1 N–H and O–H groups in total. The summed E-state index contributed by atoms with van der Waals surface area (Å²) >= 11 is 5.71. The number of rotatable bonds is 3. The van der Waals surface area contributed by atoms with E-state index in [1.807, 2.05) is 0 Å². The Morgan fingerprint density at radius 1 is 1.29 bits per heavy atom. The molecule has 2 aromatic rings. The van der Waals surface area contributed by atoms with E-state index in [4.69, 9.17) is 11.6 Å². The lowest BCUT2D eigenvalue weighted by atomic mass is 10.4. The molecule has 1 aromatic heterocycles. The number of aromatic nitrogens is 4. The Hall–Kier alpha value is -1.47. The molecule has 0 saturated carbocycles. The Balaban J connectivity index is 2.40. The average molecular weight is 273 g/mol. The number of aromatic amines is 1. The van der Waals surface area contributed by atoms with Gasteiger partial charge < -0.3 is 0 Å². The Bertz CT molecular complexity index is 594. The third kappa shape index (κ3) is 2.29. The lowest BCUT2D eigenvalue weighted by Gasteiger charge is -2.08. The summed E-state index contributed by atoms with van der Waals surface area (Å²) in [4.78, 5) is 0.180. The quantitative estimate of drug-likeness (QED) is 0.912. The molecular weight excluding hydrogens is 264 g/mol. The van der Waals surface area contributed by atoms with Gasteiger partial charge in [0.2, 0.25) is 0 Å². The summed E-state index contributed by atoms with van der Waals surface area (Å²) in [6, 6.07) is 5.96. The van der Waals surface area contributed by atoms with Crippen LogP contribution in [-0.2, 0) is 9.84 Å². The van der Waals surface area contributed by atoms with Crippen LogP contribution in [-0.4, -0.2) is 29.0 Å². The smallest absolute Gasteiger partial charge is 0.192 e. The summed E-state index contributed by atoms with van der Waals surface area (Å²) in [5.41, 5.74) is 0. The van der Waals surface area contributed by atoms with Crippen molar-refractivity contribution in [2.45, 2.75) is 17.1 Å². The highest BCUT2D eigenvalue weighted by Crippen LogP contribution is 2.26. The standard InChI is InChI=1S/C9H9ClN4O2S/c1-6(9-11-13-14-12-9)17(15,16)8-4-2-7(10)3-5-8/h2-6H,1H3,(H,11,12,13,14)/t6-/m0/s1. The molecule has 0 aliphatic carbocycles. The molecule has 0 aliphatic heterocycles. The molecule has 0 bridgehead atoms. The van der Waals surface area contributed by atoms with Crippen LogP contribution in [0, 0.1) is 0 Å². The normalized spacial score (nSPS) is 13.5. The monoisotopic (exact) mass is 272 g/mol. The molecule has 1 heterocycles. The second-order valence-electron chi connectivity index (χ2n) is 3.41. The molecule has 6 nitrogen and oxygen atoms in total. The Morgan fingerprint density at radius 2 is 1.94 bits per heavy atom. The van der Waals surface area contributed by atoms with Gasteiger partial charge >= 0.3 is 0 Å². The topological polar surface area (TPSA) is 88.6 Å². The van der Waals surface area contributed by atoms with Crippen molar-refractivity contribution in [1.29, 1.82) is 0 Å².